The number of benzene rings is 3. The molecule has 0 saturated carbocycles. The molecule has 10 nitrogen and oxygen atoms in total. The monoisotopic (exact) mass is 674 g/mol. The fraction of sp³-hybridized carbons (Fsp3) is 0.156. The third-order valence-electron chi connectivity index (χ3n) is 7.06. The number of hydrogen-bond donors (Lipinski definition) is 2. The number of halogens is 1. The van der Waals surface area contributed by atoms with Crippen molar-refractivity contribution in [3.8, 4) is 29.1 Å². The van der Waals surface area contributed by atoms with Crippen LogP contribution in [0.3, 0.4) is 0 Å². The molecule has 44 heavy (non-hydrogen) atoms. The molecular weight excluding hydrogens is 648 g/mol. The molecule has 1 aliphatic rings. The molecule has 0 fully saturated rings. The molecule has 2 heterocycles. The molecule has 224 valence electrons. The molecule has 0 saturated heterocycles. The van der Waals surface area contributed by atoms with Gasteiger partial charge in [0.05, 0.1) is 56.1 Å². The largest absolute Gasteiger partial charge is 0.493 e. The standard InChI is InChI=1S/C32H27BrN4O6S/c1-40-22-11-5-17(13-24(22)42-3)14-26-31(39)37-29(35)21(16-34)27(18-6-12-23(41-2)25(15-18)43-4)28(32(37)44-26)30(38)36-20-9-7-19(33)8-10-20/h5-15,27H,35H2,1-4H3,(H,36,38)/b26-14-. The topological polar surface area (TPSA) is 138 Å². The van der Waals surface area contributed by atoms with Crippen molar-refractivity contribution in [1.29, 1.82) is 5.26 Å². The fourth-order valence-electron chi connectivity index (χ4n) is 4.96. The maximum Gasteiger partial charge on any atom is 0.274 e. The lowest BCUT2D eigenvalue weighted by molar-refractivity contribution is -0.111. The second kappa shape index (κ2) is 12.7. The molecule has 1 aliphatic heterocycles. The minimum absolute atomic E-state index is 0.0447. The lowest BCUT2D eigenvalue weighted by atomic mass is 9.83. The summed E-state index contributed by atoms with van der Waals surface area (Å²) < 4.78 is 24.3. The molecule has 5 rings (SSSR count). The Bertz CT molecular complexity index is 2030. The van der Waals surface area contributed by atoms with E-state index in [2.05, 4.69) is 27.3 Å². The number of thiazole rings is 1. The van der Waals surface area contributed by atoms with Crippen LogP contribution in [-0.4, -0.2) is 38.9 Å². The Morgan fingerprint density at radius 3 is 2.18 bits per heavy atom. The van der Waals surface area contributed by atoms with Gasteiger partial charge in [-0.25, -0.2) is 0 Å². The van der Waals surface area contributed by atoms with Gasteiger partial charge in [0, 0.05) is 10.2 Å². The number of amides is 1. The quantitative estimate of drug-likeness (QED) is 0.288. The van der Waals surface area contributed by atoms with E-state index in [0.29, 0.717) is 49.0 Å². The number of nitriles is 1. The van der Waals surface area contributed by atoms with E-state index in [0.717, 1.165) is 15.8 Å². The Morgan fingerprint density at radius 1 is 0.955 bits per heavy atom. The van der Waals surface area contributed by atoms with Crippen molar-refractivity contribution >= 4 is 56.3 Å². The number of methoxy groups -OCH3 is 4. The lowest BCUT2D eigenvalue weighted by Crippen LogP contribution is -2.40. The molecule has 1 unspecified atom stereocenters. The number of aromatic nitrogens is 1. The Balaban J connectivity index is 1.80. The van der Waals surface area contributed by atoms with Crippen LogP contribution < -0.4 is 44.8 Å². The highest BCUT2D eigenvalue weighted by Crippen LogP contribution is 2.40. The molecule has 0 bridgehead atoms. The predicted octanol–water partition coefficient (Wildman–Crippen LogP) is 3.77. The first kappa shape index (κ1) is 30.5. The van der Waals surface area contributed by atoms with Gasteiger partial charge in [0.25, 0.3) is 11.5 Å². The van der Waals surface area contributed by atoms with Crippen LogP contribution >= 0.6 is 27.3 Å². The zero-order valence-corrected chi connectivity index (χ0v) is 26.5. The van der Waals surface area contributed by atoms with Crippen molar-refractivity contribution in [2.24, 2.45) is 5.73 Å². The molecule has 1 amide bonds. The Kier molecular flexibility index (Phi) is 8.80. The van der Waals surface area contributed by atoms with E-state index in [1.165, 1.54) is 33.0 Å². The van der Waals surface area contributed by atoms with Gasteiger partial charge in [-0.05, 0) is 65.7 Å². The van der Waals surface area contributed by atoms with Crippen LogP contribution in [-0.2, 0) is 4.79 Å². The summed E-state index contributed by atoms with van der Waals surface area (Å²) >= 11 is 4.50. The van der Waals surface area contributed by atoms with E-state index in [9.17, 15) is 14.9 Å². The lowest BCUT2D eigenvalue weighted by Gasteiger charge is -2.26. The van der Waals surface area contributed by atoms with Gasteiger partial charge in [0.15, 0.2) is 23.0 Å². The van der Waals surface area contributed by atoms with Gasteiger partial charge in [0.1, 0.15) is 10.5 Å². The summed E-state index contributed by atoms with van der Waals surface area (Å²) in [6, 6.07) is 19.6. The van der Waals surface area contributed by atoms with Gasteiger partial charge in [0.2, 0.25) is 0 Å². The van der Waals surface area contributed by atoms with Gasteiger partial charge in [-0.2, -0.15) is 5.26 Å². The Hall–Kier alpha value is -4.99. The average molecular weight is 676 g/mol. The Morgan fingerprint density at radius 2 is 1.57 bits per heavy atom. The number of ether oxygens (including phenoxy) is 4. The summed E-state index contributed by atoms with van der Waals surface area (Å²) in [6.45, 7) is 0. The van der Waals surface area contributed by atoms with Gasteiger partial charge in [-0.1, -0.05) is 28.1 Å². The summed E-state index contributed by atoms with van der Waals surface area (Å²) in [5, 5.41) is 13.3. The van der Waals surface area contributed by atoms with Crippen LogP contribution in [0.15, 0.2) is 75.5 Å². The number of anilines is 1. The maximum atomic E-state index is 14.1. The Labute approximate surface area is 265 Å². The van der Waals surface area contributed by atoms with Crippen LogP contribution in [0.4, 0.5) is 5.69 Å². The summed E-state index contributed by atoms with van der Waals surface area (Å²) in [5.41, 5.74) is 8.06. The van der Waals surface area contributed by atoms with Crippen molar-refractivity contribution in [2.75, 3.05) is 33.8 Å². The third-order valence-corrected chi connectivity index (χ3v) is 8.70. The zero-order valence-electron chi connectivity index (χ0n) is 24.1. The van der Waals surface area contributed by atoms with Crippen LogP contribution in [0.5, 0.6) is 23.0 Å². The molecule has 1 aromatic heterocycles. The highest BCUT2D eigenvalue weighted by molar-refractivity contribution is 9.10. The van der Waals surface area contributed by atoms with E-state index in [-0.39, 0.29) is 17.0 Å². The first-order valence-corrected chi connectivity index (χ1v) is 14.7. The van der Waals surface area contributed by atoms with Crippen molar-refractivity contribution in [3.05, 3.63) is 101 Å². The highest BCUT2D eigenvalue weighted by atomic mass is 79.9. The number of nitrogens with one attached hydrogen (secondary N) is 1. The number of carbonyl (C=O) groups is 1. The van der Waals surface area contributed by atoms with E-state index in [4.69, 9.17) is 24.7 Å². The van der Waals surface area contributed by atoms with Crippen LogP contribution in [0.2, 0.25) is 0 Å². The number of carbonyl (C=O) groups excluding carboxylic acids is 1. The SMILES string of the molecule is COc1ccc(/C=c2\sc3n(c2=O)C(N)=C(C#N)C(c2ccc(OC)c(OC)c2)C=3C(=O)Nc2ccc(Br)cc2)cc1OC. The minimum atomic E-state index is -0.915. The van der Waals surface area contributed by atoms with Crippen molar-refractivity contribution in [3.63, 3.8) is 0 Å². The van der Waals surface area contributed by atoms with Crippen molar-refractivity contribution < 1.29 is 23.7 Å². The second-order valence-corrected chi connectivity index (χ2v) is 11.4. The zero-order chi connectivity index (χ0) is 31.5. The molecule has 12 heteroatoms. The predicted molar refractivity (Wildman–Crippen MR) is 172 cm³/mol. The fourth-order valence-corrected chi connectivity index (χ4v) is 6.40. The molecule has 0 aliphatic carbocycles. The van der Waals surface area contributed by atoms with Crippen molar-refractivity contribution in [2.45, 2.75) is 5.92 Å². The second-order valence-electron chi connectivity index (χ2n) is 9.50. The molecule has 3 N–H and O–H groups in total. The number of hydrogen-bond acceptors (Lipinski definition) is 9. The van der Waals surface area contributed by atoms with E-state index < -0.39 is 17.4 Å². The molecule has 1 atom stereocenters. The smallest absolute Gasteiger partial charge is 0.274 e. The van der Waals surface area contributed by atoms with Crippen LogP contribution in [0.1, 0.15) is 17.0 Å². The molecule has 0 spiro atoms. The maximum absolute atomic E-state index is 14.1. The average Bonchev–Trinajstić information content (AvgIpc) is 3.36. The van der Waals surface area contributed by atoms with Gasteiger partial charge < -0.3 is 30.0 Å². The summed E-state index contributed by atoms with van der Waals surface area (Å²) in [6.07, 6.45) is 1.68. The van der Waals surface area contributed by atoms with Crippen LogP contribution in [0, 0.1) is 11.3 Å². The number of nitrogens with two attached hydrogens (primary N) is 1. The molecule has 4 aromatic rings. The van der Waals surface area contributed by atoms with E-state index in [1.54, 1.807) is 66.7 Å². The van der Waals surface area contributed by atoms with Gasteiger partial charge in [-0.15, -0.1) is 11.3 Å². The van der Waals surface area contributed by atoms with E-state index in [1.807, 2.05) is 0 Å². The summed E-state index contributed by atoms with van der Waals surface area (Å²) in [5.74, 6) is 0.436. The first-order chi connectivity index (χ1) is 21.2. The third kappa shape index (κ3) is 5.55. The summed E-state index contributed by atoms with van der Waals surface area (Å²) in [4.78, 5) is 28.0. The number of fused-ring (bicyclic) bond motifs is 1. The van der Waals surface area contributed by atoms with Crippen LogP contribution in [0.25, 0.3) is 17.5 Å². The molecule has 0 radical (unpaired) electrons. The highest BCUT2D eigenvalue weighted by Gasteiger charge is 2.36. The number of nitrogens with zero attached hydrogens (tertiary/aromatic N) is 2. The number of allylic oxidation sites excluding steroid dienone is 1. The first-order valence-electron chi connectivity index (χ1n) is 13.1. The van der Waals surface area contributed by atoms with Gasteiger partial charge >= 0.3 is 0 Å². The normalized spacial score (nSPS) is 14.5. The number of rotatable bonds is 8. The van der Waals surface area contributed by atoms with E-state index >= 15 is 0 Å². The summed E-state index contributed by atoms with van der Waals surface area (Å²) in [7, 11) is 6.07. The van der Waals surface area contributed by atoms with Crippen molar-refractivity contribution in [1.82, 2.24) is 4.57 Å². The minimum Gasteiger partial charge on any atom is -0.493 e. The molecule has 3 aromatic carbocycles. The van der Waals surface area contributed by atoms with Gasteiger partial charge in [-0.3, -0.25) is 14.2 Å². The molecular formula is C32H27BrN4O6S.